The molecule has 0 atom stereocenters. The Morgan fingerprint density at radius 3 is 2.57 bits per heavy atom. The molecule has 2 heterocycles. The smallest absolute Gasteiger partial charge is 0.254 e. The molecule has 0 spiro atoms. The fourth-order valence-corrected chi connectivity index (χ4v) is 3.12. The number of aryl methyl sites for hydroxylation is 1. The molecule has 0 aromatic carbocycles. The van der Waals surface area contributed by atoms with Gasteiger partial charge in [0.25, 0.3) is 5.91 Å². The Bertz CT molecular complexity index is 502. The molecule has 0 saturated carbocycles. The van der Waals surface area contributed by atoms with Gasteiger partial charge in [0.15, 0.2) is 0 Å². The number of piperidine rings is 1. The molecule has 130 valence electrons. The average molecular weight is 322 g/mol. The van der Waals surface area contributed by atoms with Gasteiger partial charge in [0.05, 0.1) is 17.4 Å². The van der Waals surface area contributed by atoms with Crippen molar-refractivity contribution in [3.8, 4) is 0 Å². The molecule has 1 aliphatic rings. The first-order valence-corrected chi connectivity index (χ1v) is 8.67. The van der Waals surface area contributed by atoms with E-state index < -0.39 is 5.60 Å². The second kappa shape index (κ2) is 7.93. The largest absolute Gasteiger partial charge is 0.389 e. The summed E-state index contributed by atoms with van der Waals surface area (Å²) >= 11 is 0. The van der Waals surface area contributed by atoms with E-state index in [4.69, 9.17) is 0 Å². The minimum absolute atomic E-state index is 0.0492. The van der Waals surface area contributed by atoms with Gasteiger partial charge < -0.3 is 15.3 Å². The lowest BCUT2D eigenvalue weighted by atomic mass is 9.92. The standard InChI is InChI=1S/C17H30N4O2/c1-4-17(23,5-2)13-21-8-6-14(7-9-21)10-18-16(22)15-11-19-20(3)12-15/h11-12,14,23H,4-10,13H2,1-3H3,(H,18,22). The van der Waals surface area contributed by atoms with Gasteiger partial charge in [-0.25, -0.2) is 0 Å². The number of amides is 1. The van der Waals surface area contributed by atoms with E-state index in [2.05, 4.69) is 15.3 Å². The van der Waals surface area contributed by atoms with Crippen LogP contribution in [0.1, 0.15) is 49.9 Å². The Balaban J connectivity index is 1.71. The number of carbonyl (C=O) groups excluding carboxylic acids is 1. The highest BCUT2D eigenvalue weighted by molar-refractivity contribution is 5.93. The number of nitrogens with one attached hydrogen (secondary N) is 1. The molecule has 1 aromatic heterocycles. The highest BCUT2D eigenvalue weighted by atomic mass is 16.3. The first-order chi connectivity index (χ1) is 11.0. The molecule has 6 nitrogen and oxygen atoms in total. The minimum Gasteiger partial charge on any atom is -0.389 e. The number of aliphatic hydroxyl groups is 1. The lowest BCUT2D eigenvalue weighted by molar-refractivity contribution is -0.0114. The second-order valence-corrected chi connectivity index (χ2v) is 6.76. The fourth-order valence-electron chi connectivity index (χ4n) is 3.12. The van der Waals surface area contributed by atoms with E-state index >= 15 is 0 Å². The summed E-state index contributed by atoms with van der Waals surface area (Å²) < 4.78 is 1.63. The molecule has 1 fully saturated rings. The summed E-state index contributed by atoms with van der Waals surface area (Å²) in [5.41, 5.74) is 0.0577. The van der Waals surface area contributed by atoms with Gasteiger partial charge in [-0.3, -0.25) is 9.48 Å². The monoisotopic (exact) mass is 322 g/mol. The molecule has 0 aliphatic carbocycles. The van der Waals surface area contributed by atoms with E-state index in [0.29, 0.717) is 18.0 Å². The fraction of sp³-hybridized carbons (Fsp3) is 0.765. The summed E-state index contributed by atoms with van der Waals surface area (Å²) in [6.07, 6.45) is 7.05. The number of hydrogen-bond donors (Lipinski definition) is 2. The third kappa shape index (κ3) is 5.04. The summed E-state index contributed by atoms with van der Waals surface area (Å²) in [4.78, 5) is 14.4. The van der Waals surface area contributed by atoms with Crippen molar-refractivity contribution >= 4 is 5.91 Å². The second-order valence-electron chi connectivity index (χ2n) is 6.76. The van der Waals surface area contributed by atoms with Crippen molar-refractivity contribution in [3.05, 3.63) is 18.0 Å². The van der Waals surface area contributed by atoms with E-state index in [9.17, 15) is 9.90 Å². The number of rotatable bonds is 7. The number of likely N-dealkylation sites (tertiary alicyclic amines) is 1. The van der Waals surface area contributed by atoms with Crippen LogP contribution in [0.25, 0.3) is 0 Å². The summed E-state index contributed by atoms with van der Waals surface area (Å²) in [6.45, 7) is 7.56. The number of carbonyl (C=O) groups is 1. The first kappa shape index (κ1) is 17.9. The summed E-state index contributed by atoms with van der Waals surface area (Å²) in [6, 6.07) is 0. The zero-order valence-corrected chi connectivity index (χ0v) is 14.6. The minimum atomic E-state index is -0.554. The molecule has 1 aliphatic heterocycles. The first-order valence-electron chi connectivity index (χ1n) is 8.67. The van der Waals surface area contributed by atoms with Crippen LogP contribution in [0.4, 0.5) is 0 Å². The van der Waals surface area contributed by atoms with Crippen LogP contribution in [-0.4, -0.2) is 57.5 Å². The van der Waals surface area contributed by atoms with Crippen LogP contribution in [-0.2, 0) is 7.05 Å². The number of β-amino-alcohol motifs (C(OH)–C–C–N with tert-alkyl or cyclic N) is 1. The van der Waals surface area contributed by atoms with Crippen LogP contribution in [0.5, 0.6) is 0 Å². The van der Waals surface area contributed by atoms with Crippen LogP contribution in [0, 0.1) is 5.92 Å². The van der Waals surface area contributed by atoms with Crippen LogP contribution in [0.3, 0.4) is 0 Å². The molecule has 0 bridgehead atoms. The van der Waals surface area contributed by atoms with Gasteiger partial charge in [-0.1, -0.05) is 13.8 Å². The maximum Gasteiger partial charge on any atom is 0.254 e. The summed E-state index contributed by atoms with van der Waals surface area (Å²) in [5.74, 6) is 0.468. The maximum atomic E-state index is 12.0. The molecule has 0 radical (unpaired) electrons. The number of hydrogen-bond acceptors (Lipinski definition) is 4. The molecule has 2 N–H and O–H groups in total. The highest BCUT2D eigenvalue weighted by Gasteiger charge is 2.28. The van der Waals surface area contributed by atoms with E-state index in [0.717, 1.165) is 45.3 Å². The summed E-state index contributed by atoms with van der Waals surface area (Å²) in [5, 5.41) is 17.5. The zero-order chi connectivity index (χ0) is 16.9. The summed E-state index contributed by atoms with van der Waals surface area (Å²) in [7, 11) is 1.81. The van der Waals surface area contributed by atoms with E-state index in [1.54, 1.807) is 24.1 Å². The van der Waals surface area contributed by atoms with Gasteiger partial charge in [-0.2, -0.15) is 5.10 Å². The Morgan fingerprint density at radius 1 is 1.39 bits per heavy atom. The van der Waals surface area contributed by atoms with Gasteiger partial charge in [-0.15, -0.1) is 0 Å². The van der Waals surface area contributed by atoms with Gasteiger partial charge in [0.2, 0.25) is 0 Å². The van der Waals surface area contributed by atoms with Crippen molar-refractivity contribution < 1.29 is 9.90 Å². The average Bonchev–Trinajstić information content (AvgIpc) is 3.00. The van der Waals surface area contributed by atoms with E-state index in [-0.39, 0.29) is 5.91 Å². The molecule has 1 amide bonds. The van der Waals surface area contributed by atoms with Gasteiger partial charge in [-0.05, 0) is 44.7 Å². The Labute approximate surface area is 138 Å². The molecule has 23 heavy (non-hydrogen) atoms. The number of aromatic nitrogens is 2. The van der Waals surface area contributed by atoms with Crippen molar-refractivity contribution in [2.45, 2.75) is 45.1 Å². The Kier molecular flexibility index (Phi) is 6.18. The predicted molar refractivity (Wildman–Crippen MR) is 90.2 cm³/mol. The van der Waals surface area contributed by atoms with Crippen molar-refractivity contribution in [2.75, 3.05) is 26.2 Å². The van der Waals surface area contributed by atoms with Crippen LogP contribution < -0.4 is 5.32 Å². The van der Waals surface area contributed by atoms with Crippen LogP contribution in [0.2, 0.25) is 0 Å². The Morgan fingerprint density at radius 2 is 2.04 bits per heavy atom. The lowest BCUT2D eigenvalue weighted by Gasteiger charge is -2.37. The third-order valence-corrected chi connectivity index (χ3v) is 5.06. The highest BCUT2D eigenvalue weighted by Crippen LogP contribution is 2.22. The number of nitrogens with zero attached hydrogens (tertiary/aromatic N) is 3. The normalized spacial score (nSPS) is 17.4. The lowest BCUT2D eigenvalue weighted by Crippen LogP contribution is -2.46. The van der Waals surface area contributed by atoms with Crippen LogP contribution in [0.15, 0.2) is 12.4 Å². The van der Waals surface area contributed by atoms with Crippen molar-refractivity contribution in [2.24, 2.45) is 13.0 Å². The third-order valence-electron chi connectivity index (χ3n) is 5.06. The molecule has 1 saturated heterocycles. The van der Waals surface area contributed by atoms with Crippen molar-refractivity contribution in [1.82, 2.24) is 20.0 Å². The van der Waals surface area contributed by atoms with Crippen LogP contribution >= 0.6 is 0 Å². The molecular formula is C17H30N4O2. The maximum absolute atomic E-state index is 12.0. The zero-order valence-electron chi connectivity index (χ0n) is 14.6. The van der Waals surface area contributed by atoms with E-state index in [1.165, 1.54) is 0 Å². The molecule has 0 unspecified atom stereocenters. The van der Waals surface area contributed by atoms with E-state index in [1.807, 2.05) is 13.8 Å². The van der Waals surface area contributed by atoms with Crippen molar-refractivity contribution in [1.29, 1.82) is 0 Å². The quantitative estimate of drug-likeness (QED) is 0.796. The predicted octanol–water partition coefficient (Wildman–Crippen LogP) is 1.41. The molecule has 1 aromatic rings. The van der Waals surface area contributed by atoms with Crippen molar-refractivity contribution in [3.63, 3.8) is 0 Å². The topological polar surface area (TPSA) is 70.4 Å². The molecule has 6 heteroatoms. The molecule has 2 rings (SSSR count). The SMILES string of the molecule is CCC(O)(CC)CN1CCC(CNC(=O)c2cnn(C)c2)CC1. The van der Waals surface area contributed by atoms with Gasteiger partial charge in [0.1, 0.15) is 0 Å². The Hall–Kier alpha value is -1.40. The van der Waals surface area contributed by atoms with Gasteiger partial charge >= 0.3 is 0 Å². The molecular weight excluding hydrogens is 292 g/mol. The van der Waals surface area contributed by atoms with Gasteiger partial charge in [0, 0.05) is 26.3 Å².